The topological polar surface area (TPSA) is 60.9 Å². The second kappa shape index (κ2) is 5.41. The lowest BCUT2D eigenvalue weighted by Gasteiger charge is -2.01. The van der Waals surface area contributed by atoms with Gasteiger partial charge in [-0.1, -0.05) is 30.3 Å². The lowest BCUT2D eigenvalue weighted by molar-refractivity contribution is 0.540. The van der Waals surface area contributed by atoms with E-state index in [-0.39, 0.29) is 0 Å². The van der Waals surface area contributed by atoms with Gasteiger partial charge in [0, 0.05) is 19.2 Å². The van der Waals surface area contributed by atoms with Gasteiger partial charge in [0.25, 0.3) is 0 Å². The number of hydrogen-bond donors (Lipinski definition) is 1. The molecule has 87 valence electrons. The van der Waals surface area contributed by atoms with Gasteiger partial charge in [0.1, 0.15) is 0 Å². The van der Waals surface area contributed by atoms with Crippen LogP contribution in [0.2, 0.25) is 0 Å². The zero-order chi connectivity index (χ0) is 12.1. The van der Waals surface area contributed by atoms with E-state index < -0.39 is 6.04 Å². The lowest BCUT2D eigenvalue weighted by atomic mass is 10.2. The molecule has 2 aromatic rings. The van der Waals surface area contributed by atoms with Gasteiger partial charge in [-0.2, -0.15) is 0 Å². The molecule has 2 N–H and O–H groups in total. The van der Waals surface area contributed by atoms with E-state index in [2.05, 4.69) is 17.1 Å². The maximum atomic E-state index is 10.3. The summed E-state index contributed by atoms with van der Waals surface area (Å²) in [6, 6.07) is 9.53. The van der Waals surface area contributed by atoms with Gasteiger partial charge in [0.05, 0.1) is 18.1 Å². The molecule has 0 aliphatic carbocycles. The first kappa shape index (κ1) is 11.5. The summed E-state index contributed by atoms with van der Waals surface area (Å²) < 4.78 is 1.97. The van der Waals surface area contributed by atoms with Gasteiger partial charge in [-0.15, -0.1) is 0 Å². The van der Waals surface area contributed by atoms with E-state index in [1.54, 1.807) is 12.6 Å². The molecule has 0 aliphatic rings. The van der Waals surface area contributed by atoms with E-state index in [9.17, 15) is 4.79 Å². The van der Waals surface area contributed by atoms with E-state index in [1.165, 1.54) is 5.56 Å². The van der Waals surface area contributed by atoms with Crippen LogP contribution in [-0.4, -0.2) is 21.9 Å². The fraction of sp³-hybridized carbons (Fsp3) is 0.231. The van der Waals surface area contributed by atoms with Crippen LogP contribution in [0.1, 0.15) is 11.3 Å². The predicted octanol–water partition coefficient (Wildman–Crippen LogP) is 0.911. The second-order valence-corrected chi connectivity index (χ2v) is 3.95. The van der Waals surface area contributed by atoms with E-state index in [0.29, 0.717) is 6.42 Å². The van der Waals surface area contributed by atoms with Crippen LogP contribution in [0.25, 0.3) is 0 Å². The molecule has 0 bridgehead atoms. The molecule has 0 spiro atoms. The van der Waals surface area contributed by atoms with E-state index in [1.807, 2.05) is 29.0 Å². The van der Waals surface area contributed by atoms with Crippen LogP contribution in [0.3, 0.4) is 0 Å². The molecule has 1 radical (unpaired) electrons. The van der Waals surface area contributed by atoms with Gasteiger partial charge in [0.15, 0.2) is 0 Å². The highest BCUT2D eigenvalue weighted by atomic mass is 16.1. The average Bonchev–Trinajstić information content (AvgIpc) is 2.77. The van der Waals surface area contributed by atoms with E-state index in [0.717, 1.165) is 12.2 Å². The molecule has 17 heavy (non-hydrogen) atoms. The van der Waals surface area contributed by atoms with Gasteiger partial charge in [0.2, 0.25) is 6.29 Å². The van der Waals surface area contributed by atoms with Crippen molar-refractivity contribution in [1.29, 1.82) is 0 Å². The lowest BCUT2D eigenvalue weighted by Crippen LogP contribution is -2.24. The number of carbonyl (C=O) groups excluding carboxylic acids is 1. The number of aromatic nitrogens is 2. The van der Waals surface area contributed by atoms with Crippen LogP contribution in [0.4, 0.5) is 0 Å². The van der Waals surface area contributed by atoms with Crippen LogP contribution in [0.15, 0.2) is 42.9 Å². The van der Waals surface area contributed by atoms with Crippen molar-refractivity contribution in [2.75, 3.05) is 0 Å². The van der Waals surface area contributed by atoms with Crippen molar-refractivity contribution < 1.29 is 4.79 Å². The molecule has 4 heteroatoms. The largest absolute Gasteiger partial charge is 0.333 e. The van der Waals surface area contributed by atoms with Crippen molar-refractivity contribution in [2.24, 2.45) is 5.73 Å². The van der Waals surface area contributed by atoms with Crippen molar-refractivity contribution >= 4 is 6.29 Å². The molecular formula is C13H14N3O. The first-order valence-electron chi connectivity index (χ1n) is 5.46. The van der Waals surface area contributed by atoms with E-state index >= 15 is 0 Å². The van der Waals surface area contributed by atoms with Gasteiger partial charge in [-0.25, -0.2) is 4.98 Å². The number of rotatable bonds is 5. The number of benzene rings is 1. The van der Waals surface area contributed by atoms with Crippen LogP contribution in [0, 0.1) is 0 Å². The summed E-state index contributed by atoms with van der Waals surface area (Å²) in [5, 5.41) is 0. The Morgan fingerprint density at radius 3 is 2.82 bits per heavy atom. The van der Waals surface area contributed by atoms with Crippen molar-refractivity contribution in [3.8, 4) is 0 Å². The zero-order valence-corrected chi connectivity index (χ0v) is 9.41. The van der Waals surface area contributed by atoms with Crippen LogP contribution in [0.5, 0.6) is 0 Å². The van der Waals surface area contributed by atoms with Gasteiger partial charge < -0.3 is 10.3 Å². The Kier molecular flexibility index (Phi) is 3.67. The molecule has 0 saturated heterocycles. The summed E-state index contributed by atoms with van der Waals surface area (Å²) in [5.74, 6) is 0. The minimum absolute atomic E-state index is 0.436. The maximum absolute atomic E-state index is 10.3. The molecule has 0 unspecified atom stereocenters. The third kappa shape index (κ3) is 3.26. The molecule has 1 heterocycles. The molecule has 0 fully saturated rings. The summed E-state index contributed by atoms with van der Waals surface area (Å²) in [6.45, 7) is 0.772. The maximum Gasteiger partial charge on any atom is 0.217 e. The highest BCUT2D eigenvalue weighted by Gasteiger charge is 2.06. The third-order valence-corrected chi connectivity index (χ3v) is 2.48. The smallest absolute Gasteiger partial charge is 0.217 e. The van der Waals surface area contributed by atoms with Gasteiger partial charge >= 0.3 is 0 Å². The third-order valence-electron chi connectivity index (χ3n) is 2.48. The predicted molar refractivity (Wildman–Crippen MR) is 65.1 cm³/mol. The zero-order valence-electron chi connectivity index (χ0n) is 9.41. The molecular weight excluding hydrogens is 214 g/mol. The van der Waals surface area contributed by atoms with Crippen LogP contribution >= 0.6 is 0 Å². The fourth-order valence-electron chi connectivity index (χ4n) is 1.66. The fourth-order valence-corrected chi connectivity index (χ4v) is 1.66. The number of nitrogens with zero attached hydrogens (tertiary/aromatic N) is 2. The Hall–Kier alpha value is -1.94. The molecule has 0 amide bonds. The Morgan fingerprint density at radius 2 is 2.12 bits per heavy atom. The van der Waals surface area contributed by atoms with Crippen molar-refractivity contribution in [1.82, 2.24) is 9.55 Å². The number of imidazole rings is 1. The Bertz CT molecular complexity index is 478. The highest BCUT2D eigenvalue weighted by molar-refractivity contribution is 5.58. The summed E-state index contributed by atoms with van der Waals surface area (Å²) in [6.07, 6.45) is 5.84. The molecule has 1 aromatic carbocycles. The number of hydrogen-bond acceptors (Lipinski definition) is 3. The average molecular weight is 228 g/mol. The molecule has 4 nitrogen and oxygen atoms in total. The Labute approximate surface area is 100 Å². The van der Waals surface area contributed by atoms with Crippen LogP contribution in [-0.2, 0) is 17.8 Å². The molecule has 2 rings (SSSR count). The van der Waals surface area contributed by atoms with Crippen molar-refractivity contribution in [3.63, 3.8) is 0 Å². The summed E-state index contributed by atoms with van der Waals surface area (Å²) in [7, 11) is 0. The monoisotopic (exact) mass is 228 g/mol. The Morgan fingerprint density at radius 1 is 1.35 bits per heavy atom. The SMILES string of the molecule is N[C@H]([C]=O)Cc1cn(Cc2ccccc2)cn1. The molecule has 1 atom stereocenters. The van der Waals surface area contributed by atoms with E-state index in [4.69, 9.17) is 5.73 Å². The summed E-state index contributed by atoms with van der Waals surface area (Å²) in [4.78, 5) is 14.5. The molecule has 0 saturated carbocycles. The van der Waals surface area contributed by atoms with Gasteiger partial charge in [-0.3, -0.25) is 4.79 Å². The first-order chi connectivity index (χ1) is 8.28. The minimum Gasteiger partial charge on any atom is -0.333 e. The second-order valence-electron chi connectivity index (χ2n) is 3.95. The minimum atomic E-state index is -0.588. The normalized spacial score (nSPS) is 12.3. The van der Waals surface area contributed by atoms with Gasteiger partial charge in [-0.05, 0) is 5.56 Å². The Balaban J connectivity index is 2.01. The van der Waals surface area contributed by atoms with Crippen molar-refractivity contribution in [3.05, 3.63) is 54.1 Å². The van der Waals surface area contributed by atoms with Crippen molar-refractivity contribution in [2.45, 2.75) is 19.0 Å². The number of nitrogens with two attached hydrogens (primary N) is 1. The summed E-state index contributed by atoms with van der Waals surface area (Å²) in [5.41, 5.74) is 7.52. The quantitative estimate of drug-likeness (QED) is 0.827. The standard InChI is InChI=1S/C13H14N3O/c14-12(9-17)6-13-8-16(10-15-13)7-11-4-2-1-3-5-11/h1-5,8,10,12H,6-7,14H2/t12-/m0/s1. The first-order valence-corrected chi connectivity index (χ1v) is 5.46. The molecule has 1 aromatic heterocycles. The highest BCUT2D eigenvalue weighted by Crippen LogP contribution is 2.04. The van der Waals surface area contributed by atoms with Crippen LogP contribution < -0.4 is 5.73 Å². The molecule has 0 aliphatic heterocycles. The summed E-state index contributed by atoms with van der Waals surface area (Å²) >= 11 is 0.